The Labute approximate surface area is 167 Å². The van der Waals surface area contributed by atoms with E-state index in [2.05, 4.69) is 10.6 Å². The molecule has 0 radical (unpaired) electrons. The summed E-state index contributed by atoms with van der Waals surface area (Å²) in [6, 6.07) is 16.1. The molecule has 6 heteroatoms. The molecule has 0 fully saturated rings. The fraction of sp³-hybridized carbons (Fsp3) is 0.143. The van der Waals surface area contributed by atoms with Crippen molar-refractivity contribution in [3.63, 3.8) is 0 Å². The van der Waals surface area contributed by atoms with E-state index in [0.717, 1.165) is 11.1 Å². The fourth-order valence-electron chi connectivity index (χ4n) is 2.66. The normalized spacial score (nSPS) is 11.6. The number of carbonyl (C=O) groups excluding carboxylic acids is 2. The van der Waals surface area contributed by atoms with Gasteiger partial charge in [-0.2, -0.15) is 11.3 Å². The summed E-state index contributed by atoms with van der Waals surface area (Å²) in [7, 11) is 0. The van der Waals surface area contributed by atoms with Crippen LogP contribution in [0.5, 0.6) is 0 Å². The van der Waals surface area contributed by atoms with Gasteiger partial charge in [-0.1, -0.05) is 36.7 Å². The molecule has 2 N–H and O–H groups in total. The van der Waals surface area contributed by atoms with E-state index in [-0.39, 0.29) is 17.9 Å². The molecular weight excluding hydrogens is 380 g/mol. The van der Waals surface area contributed by atoms with Crippen LogP contribution in [0.2, 0.25) is 5.02 Å². The molecule has 0 aliphatic rings. The van der Waals surface area contributed by atoms with Crippen LogP contribution in [0.15, 0.2) is 65.4 Å². The zero-order chi connectivity index (χ0) is 19.2. The molecule has 0 aliphatic carbocycles. The second-order valence-electron chi connectivity index (χ2n) is 6.00. The van der Waals surface area contributed by atoms with Crippen LogP contribution in [-0.4, -0.2) is 11.8 Å². The van der Waals surface area contributed by atoms with E-state index in [4.69, 9.17) is 11.6 Å². The van der Waals surface area contributed by atoms with E-state index >= 15 is 0 Å². The Morgan fingerprint density at radius 2 is 1.85 bits per heavy atom. The zero-order valence-corrected chi connectivity index (χ0v) is 16.3. The molecule has 0 aliphatic heterocycles. The molecule has 1 atom stereocenters. The zero-order valence-electron chi connectivity index (χ0n) is 14.7. The summed E-state index contributed by atoms with van der Waals surface area (Å²) in [6.07, 6.45) is 0.382. The van der Waals surface area contributed by atoms with Gasteiger partial charge in [0, 0.05) is 22.7 Å². The minimum Gasteiger partial charge on any atom is -0.341 e. The Kier molecular flexibility index (Phi) is 6.27. The van der Waals surface area contributed by atoms with E-state index in [0.29, 0.717) is 22.7 Å². The van der Waals surface area contributed by atoms with Crippen LogP contribution in [0.3, 0.4) is 0 Å². The highest BCUT2D eigenvalue weighted by Crippen LogP contribution is 2.26. The molecule has 0 bridgehead atoms. The van der Waals surface area contributed by atoms with Gasteiger partial charge < -0.3 is 10.6 Å². The molecule has 4 nitrogen and oxygen atoms in total. The maximum absolute atomic E-state index is 12.9. The minimum atomic E-state index is -0.282. The van der Waals surface area contributed by atoms with E-state index in [1.165, 1.54) is 0 Å². The number of anilines is 1. The van der Waals surface area contributed by atoms with Crippen molar-refractivity contribution < 1.29 is 9.59 Å². The third kappa shape index (κ3) is 4.96. The molecule has 0 spiro atoms. The lowest BCUT2D eigenvalue weighted by molar-refractivity contribution is -0.115. The number of hydrogen-bond acceptors (Lipinski definition) is 3. The molecule has 3 aromatic rings. The molecule has 1 unspecified atom stereocenters. The van der Waals surface area contributed by atoms with E-state index in [1.54, 1.807) is 42.5 Å². The molecule has 2 amide bonds. The number of nitrogens with one attached hydrogen (secondary N) is 2. The van der Waals surface area contributed by atoms with Gasteiger partial charge in [-0.3, -0.25) is 9.59 Å². The summed E-state index contributed by atoms with van der Waals surface area (Å²) in [5, 5.41) is 10.5. The molecule has 1 heterocycles. The molecule has 2 aromatic carbocycles. The molecule has 1 aromatic heterocycles. The first-order chi connectivity index (χ1) is 13.1. The summed E-state index contributed by atoms with van der Waals surface area (Å²) in [5.74, 6) is -0.307. The lowest BCUT2D eigenvalue weighted by atomic mass is 10.0. The number of amides is 2. The monoisotopic (exact) mass is 398 g/mol. The standard InChI is InChI=1S/C21H19ClN2O2S/c1-2-19(25)23-18-5-3-4-15(12-18)21(26)24-20(16-10-11-27-13-16)14-6-8-17(22)9-7-14/h3-13,20H,2H2,1H3,(H,23,25)(H,24,26). The van der Waals surface area contributed by atoms with Crippen molar-refractivity contribution in [2.75, 3.05) is 5.32 Å². The Hall–Kier alpha value is -2.63. The van der Waals surface area contributed by atoms with Crippen molar-refractivity contribution in [1.29, 1.82) is 0 Å². The number of halogens is 1. The lowest BCUT2D eigenvalue weighted by Gasteiger charge is -2.19. The largest absolute Gasteiger partial charge is 0.341 e. The third-order valence-electron chi connectivity index (χ3n) is 4.08. The van der Waals surface area contributed by atoms with Crippen molar-refractivity contribution in [2.24, 2.45) is 0 Å². The Balaban J connectivity index is 1.84. The number of carbonyl (C=O) groups is 2. The Morgan fingerprint density at radius 1 is 1.07 bits per heavy atom. The number of rotatable bonds is 6. The SMILES string of the molecule is CCC(=O)Nc1cccc(C(=O)NC(c2ccc(Cl)cc2)c2ccsc2)c1. The number of thiophene rings is 1. The first-order valence-electron chi connectivity index (χ1n) is 8.55. The van der Waals surface area contributed by atoms with E-state index < -0.39 is 0 Å². The summed E-state index contributed by atoms with van der Waals surface area (Å²) >= 11 is 7.57. The van der Waals surface area contributed by atoms with Crippen LogP contribution in [0.25, 0.3) is 0 Å². The molecule has 138 valence electrons. The van der Waals surface area contributed by atoms with E-state index in [1.807, 2.05) is 41.1 Å². The van der Waals surface area contributed by atoms with Crippen LogP contribution >= 0.6 is 22.9 Å². The number of benzene rings is 2. The van der Waals surface area contributed by atoms with Gasteiger partial charge >= 0.3 is 0 Å². The summed E-state index contributed by atoms with van der Waals surface area (Å²) < 4.78 is 0. The van der Waals surface area contributed by atoms with Gasteiger partial charge in [0.1, 0.15) is 0 Å². The van der Waals surface area contributed by atoms with Crippen LogP contribution in [0, 0.1) is 0 Å². The molecule has 0 saturated heterocycles. The van der Waals surface area contributed by atoms with Crippen molar-refractivity contribution in [3.8, 4) is 0 Å². The third-order valence-corrected chi connectivity index (χ3v) is 5.04. The van der Waals surface area contributed by atoms with Crippen LogP contribution in [0.1, 0.15) is 40.9 Å². The van der Waals surface area contributed by atoms with Crippen LogP contribution < -0.4 is 10.6 Å². The lowest BCUT2D eigenvalue weighted by Crippen LogP contribution is -2.29. The predicted octanol–water partition coefficient (Wildman–Crippen LogP) is 5.27. The van der Waals surface area contributed by atoms with Crippen molar-refractivity contribution in [3.05, 3.63) is 87.1 Å². The highest BCUT2D eigenvalue weighted by Gasteiger charge is 2.18. The summed E-state index contributed by atoms with van der Waals surface area (Å²) in [6.45, 7) is 1.78. The highest BCUT2D eigenvalue weighted by molar-refractivity contribution is 7.08. The molecule has 0 saturated carbocycles. The van der Waals surface area contributed by atoms with Gasteiger partial charge in [0.05, 0.1) is 6.04 Å². The second-order valence-corrected chi connectivity index (χ2v) is 7.21. The second kappa shape index (κ2) is 8.84. The van der Waals surface area contributed by atoms with Crippen molar-refractivity contribution in [1.82, 2.24) is 5.32 Å². The summed E-state index contributed by atoms with van der Waals surface area (Å²) in [4.78, 5) is 24.4. The Bertz CT molecular complexity index is 924. The van der Waals surface area contributed by atoms with Gasteiger partial charge in [-0.25, -0.2) is 0 Å². The molecule has 3 rings (SSSR count). The average Bonchev–Trinajstić information content (AvgIpc) is 3.21. The predicted molar refractivity (Wildman–Crippen MR) is 110 cm³/mol. The van der Waals surface area contributed by atoms with Gasteiger partial charge in [-0.15, -0.1) is 0 Å². The first kappa shape index (κ1) is 19.1. The van der Waals surface area contributed by atoms with Crippen LogP contribution in [0.4, 0.5) is 5.69 Å². The van der Waals surface area contributed by atoms with Crippen molar-refractivity contribution in [2.45, 2.75) is 19.4 Å². The molecular formula is C21H19ClN2O2S. The average molecular weight is 399 g/mol. The highest BCUT2D eigenvalue weighted by atomic mass is 35.5. The smallest absolute Gasteiger partial charge is 0.252 e. The number of hydrogen-bond donors (Lipinski definition) is 2. The van der Waals surface area contributed by atoms with Gasteiger partial charge in [0.15, 0.2) is 0 Å². The molecule has 27 heavy (non-hydrogen) atoms. The Morgan fingerprint density at radius 3 is 2.52 bits per heavy atom. The topological polar surface area (TPSA) is 58.2 Å². The first-order valence-corrected chi connectivity index (χ1v) is 9.87. The van der Waals surface area contributed by atoms with Crippen LogP contribution in [-0.2, 0) is 4.79 Å². The quantitative estimate of drug-likeness (QED) is 0.594. The fourth-order valence-corrected chi connectivity index (χ4v) is 3.47. The van der Waals surface area contributed by atoms with E-state index in [9.17, 15) is 9.59 Å². The maximum Gasteiger partial charge on any atom is 0.252 e. The van der Waals surface area contributed by atoms with Gasteiger partial charge in [0.25, 0.3) is 5.91 Å². The summed E-state index contributed by atoms with van der Waals surface area (Å²) in [5.41, 5.74) is 3.04. The van der Waals surface area contributed by atoms with Gasteiger partial charge in [-0.05, 0) is 58.3 Å². The van der Waals surface area contributed by atoms with Gasteiger partial charge in [0.2, 0.25) is 5.91 Å². The minimum absolute atomic E-state index is 0.0927. The maximum atomic E-state index is 12.9. The van der Waals surface area contributed by atoms with Crippen molar-refractivity contribution >= 4 is 40.4 Å².